The van der Waals surface area contributed by atoms with E-state index in [9.17, 15) is 9.18 Å². The molecule has 132 valence electrons. The predicted molar refractivity (Wildman–Crippen MR) is 106 cm³/mol. The molecule has 2 aromatic heterocycles. The van der Waals surface area contributed by atoms with Crippen LogP contribution in [0.1, 0.15) is 5.56 Å². The number of rotatable bonds is 3. The summed E-state index contributed by atoms with van der Waals surface area (Å²) in [5.74, 6) is 0.0406. The first-order valence-electron chi connectivity index (χ1n) is 8.04. The van der Waals surface area contributed by atoms with E-state index in [0.717, 1.165) is 4.47 Å². The summed E-state index contributed by atoms with van der Waals surface area (Å²) in [5.41, 5.74) is 1.58. The number of aromatic nitrogens is 3. The lowest BCUT2D eigenvalue weighted by Crippen LogP contribution is -2.20. The van der Waals surface area contributed by atoms with E-state index in [-0.39, 0.29) is 11.4 Å². The van der Waals surface area contributed by atoms with Crippen molar-refractivity contribution in [2.45, 2.75) is 0 Å². The van der Waals surface area contributed by atoms with Crippen LogP contribution >= 0.6 is 15.9 Å². The second-order valence-corrected chi connectivity index (χ2v) is 6.67. The Balaban J connectivity index is 1.94. The smallest absolute Gasteiger partial charge is 0.267 e. The fraction of sp³-hybridized carbons (Fsp3) is 0. The van der Waals surface area contributed by atoms with Gasteiger partial charge in [0.1, 0.15) is 5.82 Å². The van der Waals surface area contributed by atoms with Crippen LogP contribution in [-0.4, -0.2) is 20.9 Å². The molecule has 4 aromatic rings. The number of hydrogen-bond acceptors (Lipinski definition) is 4. The van der Waals surface area contributed by atoms with E-state index in [1.807, 2.05) is 12.1 Å². The van der Waals surface area contributed by atoms with Gasteiger partial charge in [-0.15, -0.1) is 0 Å². The largest absolute Gasteiger partial charge is 0.282 e. The topological polar surface area (TPSA) is 60.1 Å². The van der Waals surface area contributed by atoms with Crippen molar-refractivity contribution >= 4 is 33.0 Å². The third kappa shape index (κ3) is 3.54. The first kappa shape index (κ1) is 17.2. The van der Waals surface area contributed by atoms with Crippen molar-refractivity contribution in [3.05, 3.63) is 93.2 Å². The Labute approximate surface area is 162 Å². The zero-order valence-electron chi connectivity index (χ0n) is 13.9. The highest BCUT2D eigenvalue weighted by atomic mass is 79.9. The maximum absolute atomic E-state index is 13.1. The molecule has 0 aliphatic rings. The average Bonchev–Trinajstić information content (AvgIpc) is 2.69. The van der Waals surface area contributed by atoms with Crippen LogP contribution in [0.15, 0.2) is 81.4 Å². The zero-order chi connectivity index (χ0) is 18.8. The molecule has 4 rings (SSSR count). The molecule has 27 heavy (non-hydrogen) atoms. The van der Waals surface area contributed by atoms with Gasteiger partial charge in [-0.25, -0.2) is 9.37 Å². The van der Waals surface area contributed by atoms with Crippen molar-refractivity contribution in [3.63, 3.8) is 0 Å². The van der Waals surface area contributed by atoms with E-state index >= 15 is 0 Å². The Morgan fingerprint density at radius 3 is 2.67 bits per heavy atom. The van der Waals surface area contributed by atoms with E-state index in [2.05, 4.69) is 31.0 Å². The van der Waals surface area contributed by atoms with Crippen LogP contribution in [0, 0.1) is 5.82 Å². The number of benzene rings is 2. The van der Waals surface area contributed by atoms with E-state index in [1.54, 1.807) is 42.7 Å². The second kappa shape index (κ2) is 7.20. The molecule has 7 heteroatoms. The summed E-state index contributed by atoms with van der Waals surface area (Å²) in [6, 6.07) is 14.7. The molecule has 0 aliphatic carbocycles. The van der Waals surface area contributed by atoms with Crippen LogP contribution in [0.25, 0.3) is 22.3 Å². The molecule has 2 aromatic carbocycles. The van der Waals surface area contributed by atoms with Gasteiger partial charge in [0.2, 0.25) is 0 Å². The molecule has 2 heterocycles. The van der Waals surface area contributed by atoms with E-state index < -0.39 is 0 Å². The minimum atomic E-state index is -0.336. The van der Waals surface area contributed by atoms with Crippen LogP contribution in [0.4, 0.5) is 4.39 Å². The highest BCUT2D eigenvalue weighted by molar-refractivity contribution is 9.10. The van der Waals surface area contributed by atoms with Crippen LogP contribution in [0.5, 0.6) is 0 Å². The monoisotopic (exact) mass is 422 g/mol. The minimum absolute atomic E-state index is 0.307. The van der Waals surface area contributed by atoms with Crippen molar-refractivity contribution in [2.75, 3.05) is 0 Å². The summed E-state index contributed by atoms with van der Waals surface area (Å²) in [4.78, 5) is 21.8. The summed E-state index contributed by atoms with van der Waals surface area (Å²) >= 11 is 3.38. The van der Waals surface area contributed by atoms with Crippen LogP contribution in [0.3, 0.4) is 0 Å². The average molecular weight is 423 g/mol. The van der Waals surface area contributed by atoms with Crippen molar-refractivity contribution in [1.82, 2.24) is 14.6 Å². The summed E-state index contributed by atoms with van der Waals surface area (Å²) in [6.07, 6.45) is 4.76. The Kier molecular flexibility index (Phi) is 4.60. The molecule has 0 unspecified atom stereocenters. The molecular formula is C20H12BrFN4O. The summed E-state index contributed by atoms with van der Waals surface area (Å²) < 4.78 is 15.1. The third-order valence-electron chi connectivity index (χ3n) is 3.92. The van der Waals surface area contributed by atoms with Gasteiger partial charge in [0, 0.05) is 22.4 Å². The van der Waals surface area contributed by atoms with Gasteiger partial charge in [-0.3, -0.25) is 9.78 Å². The molecule has 0 bridgehead atoms. The lowest BCUT2D eigenvalue weighted by molar-refractivity contribution is 0.628. The van der Waals surface area contributed by atoms with E-state index in [1.165, 1.54) is 23.0 Å². The second-order valence-electron chi connectivity index (χ2n) is 5.75. The third-order valence-corrected chi connectivity index (χ3v) is 4.41. The fourth-order valence-corrected chi connectivity index (χ4v) is 2.97. The molecule has 0 saturated heterocycles. The molecule has 0 amide bonds. The SMILES string of the molecule is O=c1c2cc(Br)ccc2nc(-c2cccnc2)n1N=Cc1ccc(F)cc1. The normalized spacial score (nSPS) is 11.3. The molecule has 0 N–H and O–H groups in total. The molecule has 5 nitrogen and oxygen atoms in total. The molecule has 0 spiro atoms. The number of hydrogen-bond donors (Lipinski definition) is 0. The van der Waals surface area contributed by atoms with Gasteiger partial charge >= 0.3 is 0 Å². The van der Waals surface area contributed by atoms with Crippen molar-refractivity contribution < 1.29 is 4.39 Å². The van der Waals surface area contributed by atoms with Crippen molar-refractivity contribution in [1.29, 1.82) is 0 Å². The standard InChI is InChI=1S/C20H12BrFN4O/c21-15-5-8-18-17(10-15)20(27)26(19(25-18)14-2-1-9-23-12-14)24-11-13-3-6-16(22)7-4-13/h1-12H. The van der Waals surface area contributed by atoms with Crippen molar-refractivity contribution in [2.24, 2.45) is 5.10 Å². The van der Waals surface area contributed by atoms with Gasteiger partial charge in [-0.2, -0.15) is 9.78 Å². The highest BCUT2D eigenvalue weighted by Gasteiger charge is 2.13. The summed E-state index contributed by atoms with van der Waals surface area (Å²) in [6.45, 7) is 0. The molecule has 0 radical (unpaired) electrons. The maximum Gasteiger partial charge on any atom is 0.282 e. The number of halogens is 2. The van der Waals surface area contributed by atoms with Gasteiger partial charge in [0.25, 0.3) is 5.56 Å². The Bertz CT molecular complexity index is 1200. The predicted octanol–water partition coefficient (Wildman–Crippen LogP) is 4.24. The maximum atomic E-state index is 13.1. The summed E-state index contributed by atoms with van der Waals surface area (Å²) in [7, 11) is 0. The van der Waals surface area contributed by atoms with Gasteiger partial charge in [0.05, 0.1) is 17.1 Å². The minimum Gasteiger partial charge on any atom is -0.267 e. The van der Waals surface area contributed by atoms with Crippen molar-refractivity contribution in [3.8, 4) is 11.4 Å². The lowest BCUT2D eigenvalue weighted by atomic mass is 10.2. The Hall–Kier alpha value is -3.19. The van der Waals surface area contributed by atoms with E-state index in [4.69, 9.17) is 0 Å². The lowest BCUT2D eigenvalue weighted by Gasteiger charge is -2.09. The van der Waals surface area contributed by atoms with Crippen LogP contribution in [-0.2, 0) is 0 Å². The van der Waals surface area contributed by atoms with Gasteiger partial charge in [0.15, 0.2) is 5.82 Å². The Morgan fingerprint density at radius 1 is 1.11 bits per heavy atom. The van der Waals surface area contributed by atoms with Gasteiger partial charge < -0.3 is 0 Å². The first-order chi connectivity index (χ1) is 13.1. The molecule has 0 fully saturated rings. The summed E-state index contributed by atoms with van der Waals surface area (Å²) in [5, 5.41) is 4.75. The number of pyridine rings is 1. The quantitative estimate of drug-likeness (QED) is 0.463. The fourth-order valence-electron chi connectivity index (χ4n) is 2.61. The van der Waals surface area contributed by atoms with Crippen LogP contribution < -0.4 is 5.56 Å². The van der Waals surface area contributed by atoms with Gasteiger partial charge in [-0.1, -0.05) is 28.1 Å². The Morgan fingerprint density at radius 2 is 1.93 bits per heavy atom. The number of nitrogens with zero attached hydrogens (tertiary/aromatic N) is 4. The van der Waals surface area contributed by atoms with E-state index in [0.29, 0.717) is 27.9 Å². The molecule has 0 saturated carbocycles. The van der Waals surface area contributed by atoms with Gasteiger partial charge in [-0.05, 0) is 48.0 Å². The molecule has 0 aliphatic heterocycles. The molecular weight excluding hydrogens is 411 g/mol. The van der Waals surface area contributed by atoms with Crippen LogP contribution in [0.2, 0.25) is 0 Å². The highest BCUT2D eigenvalue weighted by Crippen LogP contribution is 2.20. The first-order valence-corrected chi connectivity index (χ1v) is 8.84. The number of fused-ring (bicyclic) bond motifs is 1. The zero-order valence-corrected chi connectivity index (χ0v) is 15.5. The molecule has 0 atom stereocenters.